The summed E-state index contributed by atoms with van der Waals surface area (Å²) in [6, 6.07) is 4.61. The number of thioether (sulfide) groups is 1. The molecule has 0 aromatic heterocycles. The average Bonchev–Trinajstić information content (AvgIpc) is 3.25. The van der Waals surface area contributed by atoms with Crippen LogP contribution in [-0.4, -0.2) is 69.6 Å². The van der Waals surface area contributed by atoms with Gasteiger partial charge in [0.15, 0.2) is 0 Å². The lowest BCUT2D eigenvalue weighted by atomic mass is 9.78. The predicted molar refractivity (Wildman–Crippen MR) is 140 cm³/mol. The second-order valence-corrected chi connectivity index (χ2v) is 11.8. The molecule has 0 aliphatic carbocycles. The minimum absolute atomic E-state index is 0.182. The van der Waals surface area contributed by atoms with Gasteiger partial charge in [-0.3, -0.25) is 14.4 Å². The van der Waals surface area contributed by atoms with Crippen LogP contribution < -0.4 is 4.90 Å². The Hall–Kier alpha value is -2.58. The van der Waals surface area contributed by atoms with Crippen molar-refractivity contribution in [3.8, 4) is 0 Å². The number of fused-ring (bicyclic) bond motifs is 2. The monoisotopic (exact) mass is 510 g/mol. The Balaban J connectivity index is 1.64. The number of hydrogen-bond acceptors (Lipinski definition) is 6. The maximum atomic E-state index is 14.4. The summed E-state index contributed by atoms with van der Waals surface area (Å²) in [5.41, 5.74) is 2.83. The Kier molecular flexibility index (Phi) is 6.76. The van der Waals surface area contributed by atoms with Gasteiger partial charge in [-0.1, -0.05) is 36.4 Å². The number of carbonyl (C=O) groups is 3. The number of carbonyl (C=O) groups excluding carboxylic acids is 3. The van der Waals surface area contributed by atoms with Gasteiger partial charge in [0.2, 0.25) is 5.91 Å². The second kappa shape index (κ2) is 9.71. The highest BCUT2D eigenvalue weighted by Crippen LogP contribution is 2.61. The van der Waals surface area contributed by atoms with E-state index in [-0.39, 0.29) is 29.6 Å². The number of allylic oxidation sites excluding steroid dienone is 1. The molecule has 1 aromatic rings. The van der Waals surface area contributed by atoms with Crippen molar-refractivity contribution in [1.82, 2.24) is 4.90 Å². The van der Waals surface area contributed by atoms with Crippen molar-refractivity contribution >= 4 is 35.2 Å². The standard InChI is InChI=1S/C28H34N2O5S/c1-17-10-11-18(2)20(15-17)29-13-8-12-28-23(25(32)30(19(3)16-31)24(28)26(29)33)22-21(36-28)9-6-4-5-7-14-35-27(22)34/h6,8-12,15,19,21-24,31H,4-5,7,13-14,16H2,1-3H3/b9-6-/t19-,21-,22+,23+,24?,28+/m1/s1. The quantitative estimate of drug-likeness (QED) is 0.497. The largest absolute Gasteiger partial charge is 0.465 e. The van der Waals surface area contributed by atoms with Crippen molar-refractivity contribution in [1.29, 1.82) is 0 Å². The molecule has 1 aromatic carbocycles. The van der Waals surface area contributed by atoms with Crippen LogP contribution in [0.5, 0.6) is 0 Å². The normalized spacial score (nSPS) is 33.9. The summed E-state index contributed by atoms with van der Waals surface area (Å²) in [6.45, 7) is 6.16. The summed E-state index contributed by atoms with van der Waals surface area (Å²) < 4.78 is 4.72. The van der Waals surface area contributed by atoms with E-state index in [1.54, 1.807) is 16.7 Å². The lowest BCUT2D eigenvalue weighted by molar-refractivity contribution is -0.153. The summed E-state index contributed by atoms with van der Waals surface area (Å²) in [5.74, 6) is -2.23. The zero-order valence-corrected chi connectivity index (χ0v) is 21.9. The molecule has 192 valence electrons. The molecule has 4 aliphatic heterocycles. The Labute approximate surface area is 216 Å². The molecule has 7 nitrogen and oxygen atoms in total. The molecule has 5 rings (SSSR count). The van der Waals surface area contributed by atoms with Crippen LogP contribution in [0.2, 0.25) is 0 Å². The van der Waals surface area contributed by atoms with Crippen LogP contribution in [-0.2, 0) is 19.1 Å². The van der Waals surface area contributed by atoms with Crippen LogP contribution in [0.15, 0.2) is 42.5 Å². The molecular weight excluding hydrogens is 476 g/mol. The van der Waals surface area contributed by atoms with Gasteiger partial charge in [0, 0.05) is 17.5 Å². The number of aliphatic hydroxyl groups excluding tert-OH is 1. The maximum Gasteiger partial charge on any atom is 0.311 e. The van der Waals surface area contributed by atoms with E-state index in [0.717, 1.165) is 36.1 Å². The fourth-order valence-corrected chi connectivity index (χ4v) is 8.13. The third-order valence-electron chi connectivity index (χ3n) is 7.93. The van der Waals surface area contributed by atoms with Gasteiger partial charge in [-0.25, -0.2) is 0 Å². The van der Waals surface area contributed by atoms with Gasteiger partial charge in [-0.05, 0) is 57.2 Å². The van der Waals surface area contributed by atoms with Crippen molar-refractivity contribution in [2.45, 2.75) is 62.1 Å². The van der Waals surface area contributed by atoms with Gasteiger partial charge in [0.05, 0.1) is 35.8 Å². The topological polar surface area (TPSA) is 87.2 Å². The molecule has 0 radical (unpaired) electrons. The number of aliphatic hydroxyl groups is 1. The Morgan fingerprint density at radius 1 is 1.17 bits per heavy atom. The highest BCUT2D eigenvalue weighted by atomic mass is 32.2. The average molecular weight is 511 g/mol. The number of rotatable bonds is 3. The van der Waals surface area contributed by atoms with Gasteiger partial charge < -0.3 is 19.6 Å². The van der Waals surface area contributed by atoms with E-state index < -0.39 is 28.7 Å². The maximum absolute atomic E-state index is 14.4. The third-order valence-corrected chi connectivity index (χ3v) is 9.68. The van der Waals surface area contributed by atoms with Crippen molar-refractivity contribution in [3.63, 3.8) is 0 Å². The molecule has 1 N–H and O–H groups in total. The van der Waals surface area contributed by atoms with E-state index in [4.69, 9.17) is 4.74 Å². The van der Waals surface area contributed by atoms with Gasteiger partial charge in [-0.2, -0.15) is 0 Å². The number of nitrogens with zero attached hydrogens (tertiary/aromatic N) is 2. The number of anilines is 1. The van der Waals surface area contributed by atoms with Crippen molar-refractivity contribution in [2.75, 3.05) is 24.7 Å². The first-order valence-corrected chi connectivity index (χ1v) is 13.7. The Bertz CT molecular complexity index is 1130. The molecule has 6 atom stereocenters. The first kappa shape index (κ1) is 25.1. The van der Waals surface area contributed by atoms with E-state index in [2.05, 4.69) is 6.08 Å². The molecule has 1 spiro atoms. The number of aryl methyl sites for hydroxylation is 2. The van der Waals surface area contributed by atoms with Crippen LogP contribution in [0.1, 0.15) is 37.3 Å². The number of benzene rings is 1. The Morgan fingerprint density at radius 3 is 2.75 bits per heavy atom. The predicted octanol–water partition coefficient (Wildman–Crippen LogP) is 3.17. The van der Waals surface area contributed by atoms with Crippen LogP contribution in [0.3, 0.4) is 0 Å². The van der Waals surface area contributed by atoms with Crippen LogP contribution >= 0.6 is 11.8 Å². The zero-order chi connectivity index (χ0) is 25.6. The van der Waals surface area contributed by atoms with E-state index in [9.17, 15) is 19.5 Å². The van der Waals surface area contributed by atoms with Gasteiger partial charge in [0.25, 0.3) is 5.91 Å². The number of likely N-dealkylation sites (tertiary alicyclic amines) is 1. The summed E-state index contributed by atoms with van der Waals surface area (Å²) in [4.78, 5) is 45.1. The SMILES string of the molecule is Cc1ccc(C)c(N2CC=C[C@]34S[C@@H]5/C=C\CCCCOC(=O)[C@@H]5[C@H]3C(=O)N([C@H](C)CO)C4C2=O)c1. The molecular formula is C28H34N2O5S. The minimum Gasteiger partial charge on any atom is -0.465 e. The number of esters is 1. The van der Waals surface area contributed by atoms with E-state index in [1.165, 1.54) is 11.8 Å². The lowest BCUT2D eigenvalue weighted by Crippen LogP contribution is -2.56. The van der Waals surface area contributed by atoms with Crippen LogP contribution in [0.4, 0.5) is 5.69 Å². The fraction of sp³-hybridized carbons (Fsp3) is 0.536. The molecule has 2 saturated heterocycles. The van der Waals surface area contributed by atoms with Crippen molar-refractivity contribution in [3.05, 3.63) is 53.6 Å². The first-order chi connectivity index (χ1) is 17.3. The van der Waals surface area contributed by atoms with Crippen LogP contribution in [0.25, 0.3) is 0 Å². The molecule has 2 fully saturated rings. The van der Waals surface area contributed by atoms with E-state index in [1.807, 2.05) is 50.3 Å². The van der Waals surface area contributed by atoms with Gasteiger partial charge in [-0.15, -0.1) is 11.8 Å². The second-order valence-electron chi connectivity index (χ2n) is 10.4. The zero-order valence-electron chi connectivity index (χ0n) is 21.1. The Morgan fingerprint density at radius 2 is 1.97 bits per heavy atom. The summed E-state index contributed by atoms with van der Waals surface area (Å²) in [6.07, 6.45) is 10.7. The smallest absolute Gasteiger partial charge is 0.311 e. The lowest BCUT2D eigenvalue weighted by Gasteiger charge is -2.37. The third kappa shape index (κ3) is 3.89. The molecule has 0 saturated carbocycles. The van der Waals surface area contributed by atoms with E-state index in [0.29, 0.717) is 13.2 Å². The van der Waals surface area contributed by atoms with Gasteiger partial charge in [0.1, 0.15) is 6.04 Å². The van der Waals surface area contributed by atoms with Crippen molar-refractivity contribution < 1.29 is 24.2 Å². The summed E-state index contributed by atoms with van der Waals surface area (Å²) >= 11 is 1.53. The molecule has 8 heteroatoms. The molecule has 0 bridgehead atoms. The van der Waals surface area contributed by atoms with Gasteiger partial charge >= 0.3 is 5.97 Å². The molecule has 1 unspecified atom stereocenters. The number of ether oxygens (including phenoxy) is 1. The molecule has 4 heterocycles. The molecule has 4 aliphatic rings. The highest BCUT2D eigenvalue weighted by molar-refractivity contribution is 8.02. The summed E-state index contributed by atoms with van der Waals surface area (Å²) in [5, 5.41) is 9.81. The fourth-order valence-electron chi connectivity index (χ4n) is 6.14. The molecule has 2 amide bonds. The highest BCUT2D eigenvalue weighted by Gasteiger charge is 2.71. The number of cyclic esters (lactones) is 1. The number of amides is 2. The minimum atomic E-state index is -0.920. The van der Waals surface area contributed by atoms with E-state index >= 15 is 0 Å². The molecule has 36 heavy (non-hydrogen) atoms. The number of hydrogen-bond donors (Lipinski definition) is 1. The summed E-state index contributed by atoms with van der Waals surface area (Å²) in [7, 11) is 0. The van der Waals surface area contributed by atoms with Crippen LogP contribution in [0, 0.1) is 25.7 Å². The first-order valence-electron chi connectivity index (χ1n) is 12.8. The van der Waals surface area contributed by atoms with Crippen molar-refractivity contribution in [2.24, 2.45) is 11.8 Å².